The first kappa shape index (κ1) is 15.3. The Hall–Kier alpha value is -1.62. The van der Waals surface area contributed by atoms with E-state index in [9.17, 15) is 4.79 Å². The summed E-state index contributed by atoms with van der Waals surface area (Å²) in [6.45, 7) is 5.69. The number of hydrogen-bond acceptors (Lipinski definition) is 4. The van der Waals surface area contributed by atoms with Gasteiger partial charge in [-0.1, -0.05) is 12.8 Å². The minimum atomic E-state index is 0.156. The number of hydrogen-bond donors (Lipinski definition) is 0. The Labute approximate surface area is 132 Å². The fourth-order valence-electron chi connectivity index (χ4n) is 3.28. The third-order valence-electron chi connectivity index (χ3n) is 4.71. The molecule has 1 aromatic rings. The van der Waals surface area contributed by atoms with E-state index < -0.39 is 0 Å². The Morgan fingerprint density at radius 3 is 2.36 bits per heavy atom. The third-order valence-corrected chi connectivity index (χ3v) is 4.71. The van der Waals surface area contributed by atoms with Gasteiger partial charge in [0.2, 0.25) is 0 Å². The summed E-state index contributed by atoms with van der Waals surface area (Å²) in [6.07, 6.45) is 6.52. The molecule has 22 heavy (non-hydrogen) atoms. The fraction of sp³-hybridized carbons (Fsp3) is 0.647. The third kappa shape index (κ3) is 3.40. The standard InChI is InChI=1S/C17H26N4O/c1-19-11-13-20(14-12-19)16-15(7-6-8-18-16)17(22)21-9-4-2-3-5-10-21/h6-8H,2-5,9-14H2,1H3. The zero-order chi connectivity index (χ0) is 15.4. The van der Waals surface area contributed by atoms with Crippen LogP contribution in [0.2, 0.25) is 0 Å². The van der Waals surface area contributed by atoms with Crippen molar-refractivity contribution in [1.29, 1.82) is 0 Å². The molecule has 0 aliphatic carbocycles. The maximum atomic E-state index is 12.9. The van der Waals surface area contributed by atoms with E-state index >= 15 is 0 Å². The van der Waals surface area contributed by atoms with Gasteiger partial charge in [0.25, 0.3) is 5.91 Å². The van der Waals surface area contributed by atoms with Crippen molar-refractivity contribution in [3.05, 3.63) is 23.9 Å². The van der Waals surface area contributed by atoms with Crippen LogP contribution >= 0.6 is 0 Å². The van der Waals surface area contributed by atoms with Gasteiger partial charge >= 0.3 is 0 Å². The number of piperazine rings is 1. The normalized spacial score (nSPS) is 20.8. The number of nitrogens with zero attached hydrogens (tertiary/aromatic N) is 4. The Morgan fingerprint density at radius 1 is 1.00 bits per heavy atom. The molecule has 0 spiro atoms. The molecule has 0 atom stereocenters. The van der Waals surface area contributed by atoms with E-state index in [0.717, 1.165) is 63.5 Å². The van der Waals surface area contributed by atoms with E-state index in [4.69, 9.17) is 0 Å². The van der Waals surface area contributed by atoms with Crippen LogP contribution in [0.4, 0.5) is 5.82 Å². The molecule has 2 aliphatic heterocycles. The van der Waals surface area contributed by atoms with Crippen molar-refractivity contribution in [3.8, 4) is 0 Å². The molecule has 1 amide bonds. The summed E-state index contributed by atoms with van der Waals surface area (Å²) in [5, 5.41) is 0. The molecule has 1 aromatic heterocycles. The van der Waals surface area contributed by atoms with Crippen molar-refractivity contribution in [2.24, 2.45) is 0 Å². The quantitative estimate of drug-likeness (QED) is 0.836. The van der Waals surface area contributed by atoms with Crippen molar-refractivity contribution in [2.45, 2.75) is 25.7 Å². The van der Waals surface area contributed by atoms with Gasteiger partial charge in [0, 0.05) is 45.5 Å². The molecule has 0 unspecified atom stereocenters. The zero-order valence-corrected chi connectivity index (χ0v) is 13.5. The summed E-state index contributed by atoms with van der Waals surface area (Å²) in [5.41, 5.74) is 0.772. The van der Waals surface area contributed by atoms with Crippen molar-refractivity contribution >= 4 is 11.7 Å². The van der Waals surface area contributed by atoms with Crippen LogP contribution in [0.25, 0.3) is 0 Å². The first-order valence-corrected chi connectivity index (χ1v) is 8.43. The van der Waals surface area contributed by atoms with Gasteiger partial charge in [-0.05, 0) is 32.0 Å². The number of likely N-dealkylation sites (tertiary alicyclic amines) is 1. The van der Waals surface area contributed by atoms with Crippen LogP contribution in [0.3, 0.4) is 0 Å². The highest BCUT2D eigenvalue weighted by Crippen LogP contribution is 2.22. The average Bonchev–Trinajstić information content (AvgIpc) is 2.84. The Morgan fingerprint density at radius 2 is 1.68 bits per heavy atom. The van der Waals surface area contributed by atoms with E-state index in [1.807, 2.05) is 17.0 Å². The largest absolute Gasteiger partial charge is 0.353 e. The predicted molar refractivity (Wildman–Crippen MR) is 88.3 cm³/mol. The molecule has 0 N–H and O–H groups in total. The molecule has 2 aliphatic rings. The average molecular weight is 302 g/mol. The van der Waals surface area contributed by atoms with E-state index in [2.05, 4.69) is 21.8 Å². The van der Waals surface area contributed by atoms with Crippen LogP contribution < -0.4 is 4.90 Å². The topological polar surface area (TPSA) is 39.7 Å². The molecule has 5 heteroatoms. The number of carbonyl (C=O) groups is 1. The van der Waals surface area contributed by atoms with Crippen molar-refractivity contribution in [1.82, 2.24) is 14.8 Å². The van der Waals surface area contributed by atoms with Crippen LogP contribution in [0, 0.1) is 0 Å². The summed E-state index contributed by atoms with van der Waals surface area (Å²) in [7, 11) is 2.14. The second-order valence-corrected chi connectivity index (χ2v) is 6.37. The molecule has 2 saturated heterocycles. The minimum absolute atomic E-state index is 0.156. The Balaban J connectivity index is 1.79. The molecule has 2 fully saturated rings. The smallest absolute Gasteiger partial charge is 0.257 e. The number of amides is 1. The van der Waals surface area contributed by atoms with E-state index in [1.165, 1.54) is 12.8 Å². The van der Waals surface area contributed by atoms with Gasteiger partial charge < -0.3 is 14.7 Å². The number of anilines is 1. The number of carbonyl (C=O) groups excluding carboxylic acids is 1. The van der Waals surface area contributed by atoms with Crippen LogP contribution in [0.15, 0.2) is 18.3 Å². The van der Waals surface area contributed by atoms with Gasteiger partial charge in [-0.25, -0.2) is 4.98 Å². The van der Waals surface area contributed by atoms with Crippen molar-refractivity contribution in [2.75, 3.05) is 51.2 Å². The second-order valence-electron chi connectivity index (χ2n) is 6.37. The van der Waals surface area contributed by atoms with Crippen molar-refractivity contribution < 1.29 is 4.79 Å². The fourth-order valence-corrected chi connectivity index (χ4v) is 3.28. The zero-order valence-electron chi connectivity index (χ0n) is 13.5. The van der Waals surface area contributed by atoms with Gasteiger partial charge in [0.05, 0.1) is 5.56 Å². The highest BCUT2D eigenvalue weighted by Gasteiger charge is 2.24. The maximum Gasteiger partial charge on any atom is 0.257 e. The first-order chi connectivity index (χ1) is 10.8. The predicted octanol–water partition coefficient (Wildman–Crippen LogP) is 1.85. The second kappa shape index (κ2) is 7.09. The molecule has 3 rings (SSSR count). The van der Waals surface area contributed by atoms with Gasteiger partial charge in [-0.3, -0.25) is 4.79 Å². The highest BCUT2D eigenvalue weighted by molar-refractivity contribution is 5.99. The molecular formula is C17H26N4O. The van der Waals surface area contributed by atoms with Gasteiger partial charge in [0.15, 0.2) is 0 Å². The van der Waals surface area contributed by atoms with Crippen molar-refractivity contribution in [3.63, 3.8) is 0 Å². The summed E-state index contributed by atoms with van der Waals surface area (Å²) >= 11 is 0. The van der Waals surface area contributed by atoms with E-state index in [-0.39, 0.29) is 5.91 Å². The van der Waals surface area contributed by atoms with Crippen LogP contribution in [0.5, 0.6) is 0 Å². The van der Waals surface area contributed by atoms with Crippen LogP contribution in [-0.2, 0) is 0 Å². The molecule has 0 saturated carbocycles. The molecule has 0 radical (unpaired) electrons. The Kier molecular flexibility index (Phi) is 4.93. The summed E-state index contributed by atoms with van der Waals surface area (Å²) < 4.78 is 0. The summed E-state index contributed by atoms with van der Waals surface area (Å²) in [6, 6.07) is 3.82. The molecule has 120 valence electrons. The molecule has 0 bridgehead atoms. The summed E-state index contributed by atoms with van der Waals surface area (Å²) in [4.78, 5) is 24.0. The number of likely N-dealkylation sites (N-methyl/N-ethyl adjacent to an activating group) is 1. The summed E-state index contributed by atoms with van der Waals surface area (Å²) in [5.74, 6) is 1.02. The van der Waals surface area contributed by atoms with Crippen LogP contribution in [0.1, 0.15) is 36.0 Å². The van der Waals surface area contributed by atoms with E-state index in [1.54, 1.807) is 6.20 Å². The molecular weight excluding hydrogens is 276 g/mol. The van der Waals surface area contributed by atoms with Crippen LogP contribution in [-0.4, -0.2) is 67.0 Å². The SMILES string of the molecule is CN1CCN(c2ncccc2C(=O)N2CCCCCC2)CC1. The number of pyridine rings is 1. The monoisotopic (exact) mass is 302 g/mol. The minimum Gasteiger partial charge on any atom is -0.353 e. The maximum absolute atomic E-state index is 12.9. The number of aromatic nitrogens is 1. The van der Waals surface area contributed by atoms with Gasteiger partial charge in [-0.15, -0.1) is 0 Å². The highest BCUT2D eigenvalue weighted by atomic mass is 16.2. The van der Waals surface area contributed by atoms with Gasteiger partial charge in [-0.2, -0.15) is 0 Å². The lowest BCUT2D eigenvalue weighted by Gasteiger charge is -2.34. The Bertz CT molecular complexity index is 503. The molecule has 3 heterocycles. The lowest BCUT2D eigenvalue weighted by molar-refractivity contribution is 0.0761. The van der Waals surface area contributed by atoms with Gasteiger partial charge in [0.1, 0.15) is 5.82 Å². The molecule has 5 nitrogen and oxygen atoms in total. The first-order valence-electron chi connectivity index (χ1n) is 8.43. The lowest BCUT2D eigenvalue weighted by atomic mass is 10.2. The lowest BCUT2D eigenvalue weighted by Crippen LogP contribution is -2.45. The van der Waals surface area contributed by atoms with E-state index in [0.29, 0.717) is 0 Å². The molecule has 0 aromatic carbocycles. The number of rotatable bonds is 2.